The molecule has 5 nitrogen and oxygen atoms in total. The van der Waals surface area contributed by atoms with Crippen LogP contribution in [-0.4, -0.2) is 28.6 Å². The van der Waals surface area contributed by atoms with E-state index in [-0.39, 0.29) is 45.5 Å². The standard InChI is InChI=1S/C33H49NO4/c1-10-30(3,4)33(9,34)19-18-31(5,6)32(7,8)27-20-22(2)37-29(38-27)25-21-24(16-17-26(25)35)28(36)23-14-12-11-13-15-23/h11-17,21-22,27,29,35H,10,18-20,34H2,1-9H3. The summed E-state index contributed by atoms with van der Waals surface area (Å²) in [7, 11) is 0. The van der Waals surface area contributed by atoms with E-state index in [0.717, 1.165) is 25.7 Å². The van der Waals surface area contributed by atoms with Gasteiger partial charge in [0.2, 0.25) is 0 Å². The molecule has 1 fully saturated rings. The lowest BCUT2D eigenvalue weighted by Crippen LogP contribution is -2.52. The van der Waals surface area contributed by atoms with Gasteiger partial charge in [-0.05, 0) is 67.6 Å². The van der Waals surface area contributed by atoms with E-state index in [4.69, 9.17) is 15.2 Å². The molecule has 1 saturated heterocycles. The average Bonchev–Trinajstić information content (AvgIpc) is 2.87. The minimum atomic E-state index is -0.763. The van der Waals surface area contributed by atoms with E-state index >= 15 is 0 Å². The first-order valence-corrected chi connectivity index (χ1v) is 14.0. The van der Waals surface area contributed by atoms with Gasteiger partial charge in [-0.25, -0.2) is 0 Å². The summed E-state index contributed by atoms with van der Waals surface area (Å²) in [6.07, 6.45) is 2.71. The van der Waals surface area contributed by atoms with Crippen LogP contribution in [0.5, 0.6) is 5.75 Å². The molecule has 38 heavy (non-hydrogen) atoms. The number of nitrogens with two attached hydrogens (primary N) is 1. The van der Waals surface area contributed by atoms with E-state index in [1.807, 2.05) is 25.1 Å². The van der Waals surface area contributed by atoms with Gasteiger partial charge in [-0.2, -0.15) is 0 Å². The maximum atomic E-state index is 13.1. The summed E-state index contributed by atoms with van der Waals surface area (Å²) >= 11 is 0. The quantitative estimate of drug-likeness (QED) is 0.310. The minimum Gasteiger partial charge on any atom is -0.507 e. The summed E-state index contributed by atoms with van der Waals surface area (Å²) in [4.78, 5) is 13.1. The molecule has 2 aromatic rings. The number of hydrogen-bond donors (Lipinski definition) is 2. The Morgan fingerprint density at radius 3 is 2.16 bits per heavy atom. The second kappa shape index (κ2) is 11.1. The molecule has 5 heteroatoms. The van der Waals surface area contributed by atoms with Crippen LogP contribution in [0.15, 0.2) is 48.5 Å². The number of aromatic hydroxyl groups is 1. The largest absolute Gasteiger partial charge is 0.507 e. The normalized spacial score (nSPS) is 22.6. The zero-order chi connectivity index (χ0) is 28.5. The van der Waals surface area contributed by atoms with Crippen LogP contribution in [0.4, 0.5) is 0 Å². The predicted molar refractivity (Wildman–Crippen MR) is 154 cm³/mol. The van der Waals surface area contributed by atoms with Crippen molar-refractivity contribution < 1.29 is 19.4 Å². The highest BCUT2D eigenvalue weighted by molar-refractivity contribution is 6.09. The second-order valence-corrected chi connectivity index (χ2v) is 13.4. The Balaban J connectivity index is 1.84. The first-order valence-electron chi connectivity index (χ1n) is 14.0. The van der Waals surface area contributed by atoms with Crippen molar-refractivity contribution in [3.8, 4) is 5.75 Å². The van der Waals surface area contributed by atoms with Gasteiger partial charge in [0.25, 0.3) is 0 Å². The molecule has 210 valence electrons. The molecule has 1 aliphatic rings. The zero-order valence-corrected chi connectivity index (χ0v) is 24.9. The number of hydrogen-bond acceptors (Lipinski definition) is 5. The van der Waals surface area contributed by atoms with Crippen molar-refractivity contribution in [2.75, 3.05) is 0 Å². The van der Waals surface area contributed by atoms with Crippen LogP contribution in [0, 0.1) is 16.2 Å². The third-order valence-electron chi connectivity index (χ3n) is 10.0. The molecule has 4 unspecified atom stereocenters. The molecule has 2 aromatic carbocycles. The molecule has 0 aromatic heterocycles. The fraction of sp³-hybridized carbons (Fsp3) is 0.606. The SMILES string of the molecule is CCC(C)(C)C(C)(N)CCC(C)(C)C(C)(C)C1CC(C)OC(c2cc(C(=O)c3ccccc3)ccc2O)O1. The third-order valence-corrected chi connectivity index (χ3v) is 10.0. The van der Waals surface area contributed by atoms with Gasteiger partial charge >= 0.3 is 0 Å². The Bertz CT molecular complexity index is 1100. The third kappa shape index (κ3) is 6.16. The smallest absolute Gasteiger partial charge is 0.193 e. The molecule has 0 spiro atoms. The van der Waals surface area contributed by atoms with Crippen LogP contribution < -0.4 is 5.73 Å². The van der Waals surface area contributed by atoms with E-state index in [0.29, 0.717) is 16.7 Å². The molecule has 0 bridgehead atoms. The molecule has 0 amide bonds. The van der Waals surface area contributed by atoms with Gasteiger partial charge in [0, 0.05) is 23.1 Å². The minimum absolute atomic E-state index is 0.0434. The summed E-state index contributed by atoms with van der Waals surface area (Å²) < 4.78 is 12.8. The summed E-state index contributed by atoms with van der Waals surface area (Å²) in [5.74, 6) is -0.0428. The van der Waals surface area contributed by atoms with Gasteiger partial charge < -0.3 is 20.3 Å². The Morgan fingerprint density at radius 2 is 1.55 bits per heavy atom. The number of carbonyl (C=O) groups is 1. The molecular weight excluding hydrogens is 474 g/mol. The van der Waals surface area contributed by atoms with Gasteiger partial charge in [0.15, 0.2) is 12.1 Å². The number of benzene rings is 2. The highest BCUT2D eigenvalue weighted by Crippen LogP contribution is 2.51. The lowest BCUT2D eigenvalue weighted by molar-refractivity contribution is -0.276. The summed E-state index contributed by atoms with van der Waals surface area (Å²) in [5.41, 5.74) is 7.90. The van der Waals surface area contributed by atoms with Crippen molar-refractivity contribution in [1.82, 2.24) is 0 Å². The van der Waals surface area contributed by atoms with Crippen LogP contribution in [0.25, 0.3) is 0 Å². The maximum absolute atomic E-state index is 13.1. The van der Waals surface area contributed by atoms with Crippen molar-refractivity contribution in [3.63, 3.8) is 0 Å². The van der Waals surface area contributed by atoms with Gasteiger partial charge in [-0.15, -0.1) is 0 Å². The van der Waals surface area contributed by atoms with Gasteiger partial charge in [0.05, 0.1) is 17.8 Å². The molecule has 3 N–H and O–H groups in total. The molecule has 1 heterocycles. The summed E-state index contributed by atoms with van der Waals surface area (Å²) in [6.45, 7) is 20.1. The van der Waals surface area contributed by atoms with E-state index in [9.17, 15) is 9.90 Å². The first-order chi connectivity index (χ1) is 17.5. The predicted octanol–water partition coefficient (Wildman–Crippen LogP) is 7.80. The van der Waals surface area contributed by atoms with Gasteiger partial charge in [-0.3, -0.25) is 4.79 Å². The Labute approximate surface area is 230 Å². The number of phenolic OH excluding ortho intramolecular Hbond substituents is 1. The maximum Gasteiger partial charge on any atom is 0.193 e. The first kappa shape index (κ1) is 30.3. The molecular formula is C33H49NO4. The van der Waals surface area contributed by atoms with E-state index in [2.05, 4.69) is 55.4 Å². The highest BCUT2D eigenvalue weighted by Gasteiger charge is 2.48. The Morgan fingerprint density at radius 1 is 0.921 bits per heavy atom. The molecule has 0 saturated carbocycles. The molecule has 3 rings (SSSR count). The fourth-order valence-electron chi connectivity index (χ4n) is 5.13. The molecule has 0 aliphatic carbocycles. The van der Waals surface area contributed by atoms with Crippen molar-refractivity contribution in [1.29, 1.82) is 0 Å². The van der Waals surface area contributed by atoms with E-state index < -0.39 is 6.29 Å². The number of ether oxygens (including phenoxy) is 2. The average molecular weight is 524 g/mol. The fourth-order valence-corrected chi connectivity index (χ4v) is 5.13. The van der Waals surface area contributed by atoms with Gasteiger partial charge in [-0.1, -0.05) is 78.8 Å². The zero-order valence-electron chi connectivity index (χ0n) is 24.9. The number of rotatable bonds is 10. The lowest BCUT2D eigenvalue weighted by atomic mass is 9.59. The van der Waals surface area contributed by atoms with Crippen LogP contribution in [-0.2, 0) is 9.47 Å². The van der Waals surface area contributed by atoms with Crippen molar-refractivity contribution >= 4 is 5.78 Å². The van der Waals surface area contributed by atoms with Crippen molar-refractivity contribution in [2.45, 2.75) is 112 Å². The second-order valence-electron chi connectivity index (χ2n) is 13.4. The van der Waals surface area contributed by atoms with Crippen LogP contribution in [0.3, 0.4) is 0 Å². The monoisotopic (exact) mass is 523 g/mol. The summed E-state index contributed by atoms with van der Waals surface area (Å²) in [5, 5.41) is 10.8. The Kier molecular flexibility index (Phi) is 8.87. The van der Waals surface area contributed by atoms with E-state index in [1.165, 1.54) is 0 Å². The van der Waals surface area contributed by atoms with Gasteiger partial charge in [0.1, 0.15) is 5.75 Å². The van der Waals surface area contributed by atoms with Crippen molar-refractivity contribution in [2.24, 2.45) is 22.0 Å². The molecule has 4 atom stereocenters. The topological polar surface area (TPSA) is 81.8 Å². The summed E-state index contributed by atoms with van der Waals surface area (Å²) in [6, 6.07) is 14.1. The Hall–Kier alpha value is -2.21. The van der Waals surface area contributed by atoms with Crippen LogP contribution in [0.1, 0.15) is 116 Å². The molecule has 1 aliphatic heterocycles. The lowest BCUT2D eigenvalue weighted by Gasteiger charge is -2.52. The van der Waals surface area contributed by atoms with Crippen LogP contribution in [0.2, 0.25) is 0 Å². The number of ketones is 1. The van der Waals surface area contributed by atoms with E-state index in [1.54, 1.807) is 30.3 Å². The highest BCUT2D eigenvalue weighted by atomic mass is 16.7. The molecule has 0 radical (unpaired) electrons. The number of carbonyl (C=O) groups excluding carboxylic acids is 1. The van der Waals surface area contributed by atoms with Crippen molar-refractivity contribution in [3.05, 3.63) is 65.2 Å². The van der Waals surface area contributed by atoms with Crippen LogP contribution >= 0.6 is 0 Å². The number of phenols is 1.